The summed E-state index contributed by atoms with van der Waals surface area (Å²) < 4.78 is 47.2. The minimum absolute atomic E-state index is 0.00636. The number of nitrogens with one attached hydrogen (secondary N) is 1. The van der Waals surface area contributed by atoms with Crippen LogP contribution < -0.4 is 10.1 Å². The largest absolute Gasteiger partial charge is 0.484 e. The summed E-state index contributed by atoms with van der Waals surface area (Å²) in [5.41, 5.74) is -0.810. The number of rotatable bonds is 7. The van der Waals surface area contributed by atoms with Gasteiger partial charge >= 0.3 is 6.18 Å². The van der Waals surface area contributed by atoms with Crippen LogP contribution in [-0.4, -0.2) is 32.8 Å². The average molecular weight is 291 g/mol. The predicted octanol–water partition coefficient (Wildman–Crippen LogP) is 2.24. The third-order valence-electron chi connectivity index (χ3n) is 2.38. The Morgan fingerprint density at radius 1 is 1.35 bits per heavy atom. The van der Waals surface area contributed by atoms with Crippen LogP contribution in [0.5, 0.6) is 5.75 Å². The van der Waals surface area contributed by atoms with Gasteiger partial charge in [0.2, 0.25) is 0 Å². The molecule has 0 spiro atoms. The Hall–Kier alpha value is -1.76. The van der Waals surface area contributed by atoms with E-state index in [1.807, 2.05) is 0 Å². The van der Waals surface area contributed by atoms with E-state index >= 15 is 0 Å². The maximum Gasteiger partial charge on any atom is 0.416 e. The van der Waals surface area contributed by atoms with Crippen LogP contribution in [0.15, 0.2) is 24.3 Å². The molecular formula is C13H16F3NO3. The van der Waals surface area contributed by atoms with Gasteiger partial charge in [-0.2, -0.15) is 13.2 Å². The first kappa shape index (κ1) is 16.3. The number of hydrogen-bond acceptors (Lipinski definition) is 3. The molecule has 0 saturated heterocycles. The second-order valence-corrected chi connectivity index (χ2v) is 4.01. The topological polar surface area (TPSA) is 47.6 Å². The van der Waals surface area contributed by atoms with Crippen LogP contribution in [0.25, 0.3) is 0 Å². The van der Waals surface area contributed by atoms with Crippen LogP contribution in [0.1, 0.15) is 12.0 Å². The summed E-state index contributed by atoms with van der Waals surface area (Å²) >= 11 is 0. The molecule has 0 bridgehead atoms. The third-order valence-corrected chi connectivity index (χ3v) is 2.38. The van der Waals surface area contributed by atoms with Crippen LogP contribution >= 0.6 is 0 Å². The van der Waals surface area contributed by atoms with E-state index in [-0.39, 0.29) is 12.4 Å². The highest BCUT2D eigenvalue weighted by Gasteiger charge is 2.30. The van der Waals surface area contributed by atoms with Crippen LogP contribution in [0.2, 0.25) is 0 Å². The highest BCUT2D eigenvalue weighted by molar-refractivity contribution is 5.77. The Kier molecular flexibility index (Phi) is 6.30. The van der Waals surface area contributed by atoms with Crippen molar-refractivity contribution in [3.8, 4) is 5.75 Å². The Labute approximate surface area is 114 Å². The smallest absolute Gasteiger partial charge is 0.416 e. The zero-order chi connectivity index (χ0) is 15.0. The normalized spacial score (nSPS) is 11.2. The minimum Gasteiger partial charge on any atom is -0.484 e. The second-order valence-electron chi connectivity index (χ2n) is 4.01. The summed E-state index contributed by atoms with van der Waals surface area (Å²) in [7, 11) is 1.55. The number of carbonyl (C=O) groups is 1. The zero-order valence-electron chi connectivity index (χ0n) is 11.0. The lowest BCUT2D eigenvalue weighted by molar-refractivity contribution is -0.137. The summed E-state index contributed by atoms with van der Waals surface area (Å²) in [6.45, 7) is 0.627. The van der Waals surface area contributed by atoms with E-state index in [2.05, 4.69) is 5.32 Å². The first-order valence-electron chi connectivity index (χ1n) is 5.99. The van der Waals surface area contributed by atoms with Gasteiger partial charge in [0.25, 0.3) is 5.91 Å². The van der Waals surface area contributed by atoms with Gasteiger partial charge in [0.05, 0.1) is 5.56 Å². The second kappa shape index (κ2) is 7.74. The molecule has 0 atom stereocenters. The van der Waals surface area contributed by atoms with Gasteiger partial charge in [0.15, 0.2) is 6.61 Å². The Bertz CT molecular complexity index is 435. The molecule has 0 heterocycles. The third kappa shape index (κ3) is 5.92. The molecular weight excluding hydrogens is 275 g/mol. The number of ether oxygens (including phenoxy) is 2. The minimum atomic E-state index is -4.43. The van der Waals surface area contributed by atoms with Gasteiger partial charge in [-0.15, -0.1) is 0 Å². The summed E-state index contributed by atoms with van der Waals surface area (Å²) in [6.07, 6.45) is -3.77. The number of benzene rings is 1. The molecule has 1 rings (SSSR count). The van der Waals surface area contributed by atoms with E-state index in [4.69, 9.17) is 9.47 Å². The molecule has 1 N–H and O–H groups in total. The maximum absolute atomic E-state index is 12.5. The van der Waals surface area contributed by atoms with Crippen molar-refractivity contribution in [1.82, 2.24) is 5.32 Å². The van der Waals surface area contributed by atoms with Gasteiger partial charge < -0.3 is 14.8 Å². The van der Waals surface area contributed by atoms with Crippen LogP contribution in [0, 0.1) is 0 Å². The molecule has 1 amide bonds. The number of amides is 1. The fourth-order valence-electron chi connectivity index (χ4n) is 1.41. The monoisotopic (exact) mass is 291 g/mol. The fraction of sp³-hybridized carbons (Fsp3) is 0.462. The molecule has 20 heavy (non-hydrogen) atoms. The van der Waals surface area contributed by atoms with E-state index in [0.29, 0.717) is 19.6 Å². The summed E-state index contributed by atoms with van der Waals surface area (Å²) in [4.78, 5) is 11.4. The standard InChI is InChI=1S/C13H16F3NO3/c1-19-7-3-6-17-12(18)9-20-11-5-2-4-10(8-11)13(14,15)16/h2,4-5,8H,3,6-7,9H2,1H3,(H,17,18). The molecule has 0 aromatic heterocycles. The van der Waals surface area contributed by atoms with E-state index in [0.717, 1.165) is 12.1 Å². The molecule has 1 aromatic rings. The predicted molar refractivity (Wildman–Crippen MR) is 66.4 cm³/mol. The Morgan fingerprint density at radius 2 is 2.10 bits per heavy atom. The SMILES string of the molecule is COCCCNC(=O)COc1cccc(C(F)(F)F)c1. The Morgan fingerprint density at radius 3 is 2.75 bits per heavy atom. The molecule has 0 radical (unpaired) electrons. The van der Waals surface area contributed by atoms with Crippen LogP contribution in [-0.2, 0) is 15.7 Å². The molecule has 0 aliphatic heterocycles. The fourth-order valence-corrected chi connectivity index (χ4v) is 1.41. The van der Waals surface area contributed by atoms with Crippen molar-refractivity contribution >= 4 is 5.91 Å². The molecule has 0 aliphatic carbocycles. The number of hydrogen-bond donors (Lipinski definition) is 1. The molecule has 1 aromatic carbocycles. The van der Waals surface area contributed by atoms with Gasteiger partial charge in [0, 0.05) is 20.3 Å². The highest BCUT2D eigenvalue weighted by atomic mass is 19.4. The summed E-state index contributed by atoms with van der Waals surface area (Å²) in [5, 5.41) is 2.57. The number of alkyl halides is 3. The van der Waals surface area contributed by atoms with Crippen LogP contribution in [0.3, 0.4) is 0 Å². The Balaban J connectivity index is 2.40. The van der Waals surface area contributed by atoms with Crippen molar-refractivity contribution in [1.29, 1.82) is 0 Å². The highest BCUT2D eigenvalue weighted by Crippen LogP contribution is 2.31. The molecule has 0 fully saturated rings. The van der Waals surface area contributed by atoms with Gasteiger partial charge in [-0.05, 0) is 24.6 Å². The van der Waals surface area contributed by atoms with Gasteiger partial charge in [-0.25, -0.2) is 0 Å². The van der Waals surface area contributed by atoms with Crippen molar-refractivity contribution in [2.75, 3.05) is 26.9 Å². The van der Waals surface area contributed by atoms with Crippen molar-refractivity contribution in [2.45, 2.75) is 12.6 Å². The number of carbonyl (C=O) groups excluding carboxylic acids is 1. The van der Waals surface area contributed by atoms with Gasteiger partial charge in [0.1, 0.15) is 5.75 Å². The van der Waals surface area contributed by atoms with E-state index in [1.165, 1.54) is 12.1 Å². The van der Waals surface area contributed by atoms with Crippen molar-refractivity contribution in [3.05, 3.63) is 29.8 Å². The van der Waals surface area contributed by atoms with Crippen molar-refractivity contribution in [3.63, 3.8) is 0 Å². The average Bonchev–Trinajstić information content (AvgIpc) is 2.41. The van der Waals surface area contributed by atoms with Crippen molar-refractivity contribution in [2.24, 2.45) is 0 Å². The van der Waals surface area contributed by atoms with E-state index < -0.39 is 17.6 Å². The van der Waals surface area contributed by atoms with Gasteiger partial charge in [-0.3, -0.25) is 4.79 Å². The number of methoxy groups -OCH3 is 1. The quantitative estimate of drug-likeness (QED) is 0.784. The first-order chi connectivity index (χ1) is 9.43. The van der Waals surface area contributed by atoms with Crippen LogP contribution in [0.4, 0.5) is 13.2 Å². The zero-order valence-corrected chi connectivity index (χ0v) is 11.0. The number of halogens is 3. The van der Waals surface area contributed by atoms with E-state index in [9.17, 15) is 18.0 Å². The van der Waals surface area contributed by atoms with Gasteiger partial charge in [-0.1, -0.05) is 6.07 Å². The molecule has 7 heteroatoms. The summed E-state index contributed by atoms with van der Waals surface area (Å²) in [6, 6.07) is 4.40. The first-order valence-corrected chi connectivity index (χ1v) is 5.99. The lowest BCUT2D eigenvalue weighted by Crippen LogP contribution is -2.30. The summed E-state index contributed by atoms with van der Waals surface area (Å²) in [5.74, 6) is -0.384. The van der Waals surface area contributed by atoms with E-state index in [1.54, 1.807) is 7.11 Å². The molecule has 0 unspecified atom stereocenters. The lowest BCUT2D eigenvalue weighted by atomic mass is 10.2. The maximum atomic E-state index is 12.5. The molecule has 0 aliphatic rings. The molecule has 0 saturated carbocycles. The lowest BCUT2D eigenvalue weighted by Gasteiger charge is -2.10. The van der Waals surface area contributed by atoms with Crippen molar-refractivity contribution < 1.29 is 27.4 Å². The molecule has 112 valence electrons. The molecule has 4 nitrogen and oxygen atoms in total.